The van der Waals surface area contributed by atoms with Crippen molar-refractivity contribution >= 4 is 41.1 Å². The average molecular weight is 1230 g/mol. The second-order valence-corrected chi connectivity index (χ2v) is 28.9. The van der Waals surface area contributed by atoms with Gasteiger partial charge in [-0.25, -0.2) is 13.7 Å². The van der Waals surface area contributed by atoms with Gasteiger partial charge < -0.3 is 29.4 Å². The SMILES string of the molecule is CCCCCCCCCCCCN1CCN(C)C1=NP(=O)(OC)OCCCOP(=O)(N=C1N(C)CCN1CCCCCCCCCCCC)OCCCOP(=O)(N=C1N(C)CCN1CCCCCCCCCCCC)OCCCCCCC. The van der Waals surface area contributed by atoms with Crippen LogP contribution in [0, 0.1) is 0 Å². The summed E-state index contributed by atoms with van der Waals surface area (Å²) in [6, 6.07) is 0. The number of unbranched alkanes of at least 4 members (excludes halogenated alkanes) is 31. The van der Waals surface area contributed by atoms with Crippen molar-refractivity contribution in [1.82, 2.24) is 29.4 Å². The van der Waals surface area contributed by atoms with E-state index in [-0.39, 0.29) is 45.9 Å². The Kier molecular flexibility index (Phi) is 43.0. The van der Waals surface area contributed by atoms with Crippen LogP contribution in [0.5, 0.6) is 0 Å². The maximum atomic E-state index is 14.9. The number of hydrogen-bond donors (Lipinski definition) is 0. The molecule has 0 radical (unpaired) electrons. The van der Waals surface area contributed by atoms with E-state index >= 15 is 0 Å². The monoisotopic (exact) mass is 1230 g/mol. The van der Waals surface area contributed by atoms with E-state index < -0.39 is 23.2 Å². The lowest BCUT2D eigenvalue weighted by molar-refractivity contribution is 0.163. The first-order valence-corrected chi connectivity index (χ1v) is 38.6. The summed E-state index contributed by atoms with van der Waals surface area (Å²) in [4.78, 5) is 12.6. The summed E-state index contributed by atoms with van der Waals surface area (Å²) < 4.78 is 93.4. The van der Waals surface area contributed by atoms with E-state index in [2.05, 4.69) is 47.2 Å². The van der Waals surface area contributed by atoms with Crippen LogP contribution in [0.3, 0.4) is 0 Å². The van der Waals surface area contributed by atoms with E-state index in [4.69, 9.17) is 36.7 Å². The zero-order valence-electron chi connectivity index (χ0n) is 54.6. The minimum absolute atomic E-state index is 0.00190. The van der Waals surface area contributed by atoms with Gasteiger partial charge in [-0.15, -0.1) is 14.3 Å². The minimum atomic E-state index is -4.13. The predicted octanol–water partition coefficient (Wildman–Crippen LogP) is 17.4. The van der Waals surface area contributed by atoms with Gasteiger partial charge in [0.1, 0.15) is 0 Å². The molecule has 0 aromatic heterocycles. The number of guanidine groups is 3. The Hall–Kier alpha value is -1.74. The average Bonchev–Trinajstić information content (AvgIpc) is 4.37. The van der Waals surface area contributed by atoms with Crippen molar-refractivity contribution < 1.29 is 40.8 Å². The first-order chi connectivity index (χ1) is 40.3. The minimum Gasteiger partial charge on any atom is -0.344 e. The molecule has 3 rings (SSSR count). The van der Waals surface area contributed by atoms with E-state index in [0.29, 0.717) is 17.9 Å². The van der Waals surface area contributed by atoms with Crippen molar-refractivity contribution in [3.05, 3.63) is 0 Å². The highest BCUT2D eigenvalue weighted by Gasteiger charge is 2.35. The fourth-order valence-electron chi connectivity index (χ4n) is 10.9. The summed E-state index contributed by atoms with van der Waals surface area (Å²) in [5.41, 5.74) is 0. The molecule has 18 nitrogen and oxygen atoms in total. The van der Waals surface area contributed by atoms with Crippen molar-refractivity contribution in [2.75, 3.05) is 120 Å². The molecule has 3 unspecified atom stereocenters. The smallest absolute Gasteiger partial charge is 0.344 e. The van der Waals surface area contributed by atoms with Gasteiger partial charge in [0.2, 0.25) is 17.9 Å². The molecule has 3 saturated heterocycles. The van der Waals surface area contributed by atoms with Gasteiger partial charge in [-0.3, -0.25) is 27.1 Å². The Morgan fingerprint density at radius 1 is 0.301 bits per heavy atom. The molecule has 3 aliphatic rings. The van der Waals surface area contributed by atoms with E-state index in [1.54, 1.807) is 0 Å². The van der Waals surface area contributed by atoms with Crippen molar-refractivity contribution in [1.29, 1.82) is 0 Å². The van der Waals surface area contributed by atoms with Crippen LogP contribution in [0.1, 0.15) is 265 Å². The molecule has 488 valence electrons. The summed E-state index contributed by atoms with van der Waals surface area (Å²) >= 11 is 0. The summed E-state index contributed by atoms with van der Waals surface area (Å²) in [5.74, 6) is 1.84. The first-order valence-electron chi connectivity index (χ1n) is 34.1. The van der Waals surface area contributed by atoms with Gasteiger partial charge in [-0.2, -0.15) is 0 Å². The van der Waals surface area contributed by atoms with Gasteiger partial charge in [-0.1, -0.05) is 227 Å². The molecule has 0 aliphatic carbocycles. The zero-order chi connectivity index (χ0) is 60.1. The molecular formula is C62H126N9O9P3. The normalized spacial score (nSPS) is 18.7. The third kappa shape index (κ3) is 34.0. The van der Waals surface area contributed by atoms with Gasteiger partial charge in [0.25, 0.3) is 0 Å². The Balaban J connectivity index is 1.66. The fourth-order valence-corrected chi connectivity index (χ4v) is 14.8. The maximum Gasteiger partial charge on any atom is 0.457 e. The van der Waals surface area contributed by atoms with E-state index in [0.717, 1.165) is 130 Å². The van der Waals surface area contributed by atoms with Crippen LogP contribution in [0.25, 0.3) is 0 Å². The third-order valence-corrected chi connectivity index (χ3v) is 20.6. The molecule has 83 heavy (non-hydrogen) atoms. The van der Waals surface area contributed by atoms with Crippen LogP contribution in [0.2, 0.25) is 0 Å². The standard InChI is InChI=1S/C62H126N9O9P3/c1-9-13-17-21-24-27-30-33-36-40-46-69-52-49-66(5)60(69)63-81(72,75-8)76-56-44-57-79-83(74,65-62-68(7)51-54-71(62)48-42-38-35-32-29-26-23-19-15-11-3)80-59-45-58-78-82(73,77-55-43-39-20-16-12-4)64-61-67(6)50-53-70(61)47-41-37-34-31-28-25-22-18-14-10-2/h9-59H2,1-8H3. The Labute approximate surface area is 508 Å². The highest BCUT2D eigenvalue weighted by Crippen LogP contribution is 2.53. The predicted molar refractivity (Wildman–Crippen MR) is 348 cm³/mol. The first kappa shape index (κ1) is 75.5. The van der Waals surface area contributed by atoms with Crippen molar-refractivity contribution in [2.45, 2.75) is 265 Å². The Bertz CT molecular complexity index is 1870. The molecule has 0 aromatic carbocycles. The van der Waals surface area contributed by atoms with Crippen LogP contribution < -0.4 is 0 Å². The van der Waals surface area contributed by atoms with Crippen LogP contribution in [0.4, 0.5) is 0 Å². The molecule has 0 amide bonds. The van der Waals surface area contributed by atoms with Crippen molar-refractivity contribution in [3.8, 4) is 0 Å². The van der Waals surface area contributed by atoms with Gasteiger partial charge in [0, 0.05) is 87.2 Å². The largest absolute Gasteiger partial charge is 0.457 e. The maximum absolute atomic E-state index is 14.9. The van der Waals surface area contributed by atoms with Crippen LogP contribution in [0.15, 0.2) is 14.3 Å². The van der Waals surface area contributed by atoms with Gasteiger partial charge in [0.05, 0.1) is 33.0 Å². The molecule has 3 aliphatic heterocycles. The van der Waals surface area contributed by atoms with E-state index in [1.807, 2.05) is 35.8 Å². The van der Waals surface area contributed by atoms with Gasteiger partial charge in [-0.05, 0) is 38.5 Å². The molecule has 3 fully saturated rings. The van der Waals surface area contributed by atoms with Crippen LogP contribution in [-0.4, -0.2) is 167 Å². The van der Waals surface area contributed by atoms with Crippen LogP contribution in [-0.2, 0) is 40.8 Å². The highest BCUT2D eigenvalue weighted by molar-refractivity contribution is 7.53. The topological polar surface area (TPSA) is 163 Å². The summed E-state index contributed by atoms with van der Waals surface area (Å²) in [7, 11) is -4.69. The Morgan fingerprint density at radius 3 is 0.783 bits per heavy atom. The van der Waals surface area contributed by atoms with E-state index in [9.17, 15) is 13.7 Å². The lowest BCUT2D eigenvalue weighted by Crippen LogP contribution is -2.32. The number of hydrogen-bond acceptors (Lipinski definition) is 9. The quantitative estimate of drug-likeness (QED) is 0.0417. The highest BCUT2D eigenvalue weighted by atomic mass is 31.2. The lowest BCUT2D eigenvalue weighted by Gasteiger charge is -2.24. The third-order valence-electron chi connectivity index (χ3n) is 16.3. The van der Waals surface area contributed by atoms with Crippen molar-refractivity contribution in [3.63, 3.8) is 0 Å². The number of likely N-dealkylation sites (N-methyl/N-ethyl adjacent to an activating group) is 3. The number of nitrogens with zero attached hydrogens (tertiary/aromatic N) is 9. The molecule has 0 bridgehead atoms. The molecule has 0 spiro atoms. The van der Waals surface area contributed by atoms with Crippen LogP contribution >= 0.6 is 23.2 Å². The summed E-state index contributed by atoms with van der Waals surface area (Å²) in [6.45, 7) is 16.3. The van der Waals surface area contributed by atoms with Crippen molar-refractivity contribution in [2.24, 2.45) is 14.3 Å². The zero-order valence-corrected chi connectivity index (χ0v) is 57.3. The fraction of sp³-hybridized carbons (Fsp3) is 0.952. The summed E-state index contributed by atoms with van der Waals surface area (Å²) in [6.07, 6.45) is 43.4. The van der Waals surface area contributed by atoms with E-state index in [1.165, 1.54) is 161 Å². The molecule has 3 atom stereocenters. The molecule has 0 saturated carbocycles. The van der Waals surface area contributed by atoms with Gasteiger partial charge in [0.15, 0.2) is 0 Å². The number of rotatable bonds is 56. The molecule has 0 aromatic rings. The van der Waals surface area contributed by atoms with Gasteiger partial charge >= 0.3 is 23.2 Å². The second kappa shape index (κ2) is 47.3. The summed E-state index contributed by atoms with van der Waals surface area (Å²) in [5, 5.41) is 0. The lowest BCUT2D eigenvalue weighted by atomic mass is 10.1. The molecule has 3 heterocycles. The molecule has 21 heteroatoms. The molecule has 0 N–H and O–H groups in total. The Morgan fingerprint density at radius 2 is 0.518 bits per heavy atom. The molecular weight excluding hydrogens is 1110 g/mol. The second-order valence-electron chi connectivity index (χ2n) is 23.8.